The first-order valence-corrected chi connectivity index (χ1v) is 10.9. The van der Waals surface area contributed by atoms with Crippen molar-refractivity contribution >= 4 is 12.6 Å². The van der Waals surface area contributed by atoms with Gasteiger partial charge in [-0.25, -0.2) is 0 Å². The highest BCUT2D eigenvalue weighted by Crippen LogP contribution is 2.28. The molecule has 0 spiro atoms. The molecule has 2 aliphatic carbocycles. The quantitative estimate of drug-likeness (QED) is 0.350. The number of unbranched alkanes of at least 4 members (excludes halogenated alkanes) is 3. The Hall–Kier alpha value is -0.820. The van der Waals surface area contributed by atoms with Crippen LogP contribution < -0.4 is 0 Å². The summed E-state index contributed by atoms with van der Waals surface area (Å²) in [5.41, 5.74) is 0. The largest absolute Gasteiger partial charge is 0.379 e. The second-order valence-electron chi connectivity index (χ2n) is 8.20. The van der Waals surface area contributed by atoms with E-state index >= 15 is 0 Å². The lowest BCUT2D eigenvalue weighted by Crippen LogP contribution is -2.38. The summed E-state index contributed by atoms with van der Waals surface area (Å²) in [5.74, 6) is 0.243. The molecule has 6 nitrogen and oxygen atoms in total. The van der Waals surface area contributed by atoms with Crippen molar-refractivity contribution in [3.05, 3.63) is 0 Å². The highest BCUT2D eigenvalue weighted by atomic mass is 16.5. The number of carbonyl (C=O) groups is 2. The lowest BCUT2D eigenvalue weighted by molar-refractivity contribution is -0.121. The number of methoxy groups -OCH3 is 2. The van der Waals surface area contributed by atoms with Gasteiger partial charge in [0.05, 0.1) is 24.4 Å². The van der Waals surface area contributed by atoms with Crippen LogP contribution in [0.5, 0.6) is 0 Å². The first-order chi connectivity index (χ1) is 13.7. The molecule has 0 bridgehead atoms. The molecule has 6 heteroatoms. The summed E-state index contributed by atoms with van der Waals surface area (Å²) >= 11 is 0. The van der Waals surface area contributed by atoms with Gasteiger partial charge in [-0.15, -0.1) is 0 Å². The van der Waals surface area contributed by atoms with E-state index in [2.05, 4.69) is 0 Å². The Labute approximate surface area is 169 Å². The Morgan fingerprint density at radius 3 is 1.43 bits per heavy atom. The second-order valence-corrected chi connectivity index (χ2v) is 8.20. The minimum absolute atomic E-state index is 0.0420. The van der Waals surface area contributed by atoms with E-state index < -0.39 is 0 Å². The minimum atomic E-state index is 0.0420. The predicted octanol–water partition coefficient (Wildman–Crippen LogP) is 3.35. The van der Waals surface area contributed by atoms with E-state index in [1.807, 2.05) is 0 Å². The van der Waals surface area contributed by atoms with E-state index in [1.54, 1.807) is 14.2 Å². The van der Waals surface area contributed by atoms with Crippen molar-refractivity contribution in [3.63, 3.8) is 0 Å². The molecule has 28 heavy (non-hydrogen) atoms. The van der Waals surface area contributed by atoms with Gasteiger partial charge in [-0.3, -0.25) is 0 Å². The van der Waals surface area contributed by atoms with Gasteiger partial charge in [0, 0.05) is 39.3 Å². The van der Waals surface area contributed by atoms with E-state index in [0.717, 1.165) is 90.0 Å². The van der Waals surface area contributed by atoms with E-state index in [1.165, 1.54) is 0 Å². The molecule has 0 heterocycles. The maximum Gasteiger partial charge on any atom is 0.123 e. The number of ether oxygens (including phenoxy) is 4. The van der Waals surface area contributed by atoms with Crippen LogP contribution in [0.25, 0.3) is 0 Å². The van der Waals surface area contributed by atoms with Crippen LogP contribution in [0.15, 0.2) is 0 Å². The Morgan fingerprint density at radius 2 is 1.07 bits per heavy atom. The van der Waals surface area contributed by atoms with E-state index in [4.69, 9.17) is 18.9 Å². The predicted molar refractivity (Wildman–Crippen MR) is 106 cm³/mol. The van der Waals surface area contributed by atoms with E-state index in [0.29, 0.717) is 0 Å². The smallest absolute Gasteiger partial charge is 0.123 e. The molecule has 0 aromatic heterocycles. The average molecular weight is 399 g/mol. The van der Waals surface area contributed by atoms with Gasteiger partial charge < -0.3 is 28.5 Å². The third-order valence-electron chi connectivity index (χ3n) is 6.24. The summed E-state index contributed by atoms with van der Waals surface area (Å²) in [6.07, 6.45) is 11.9. The first-order valence-electron chi connectivity index (χ1n) is 10.9. The van der Waals surface area contributed by atoms with Crippen molar-refractivity contribution < 1.29 is 28.5 Å². The van der Waals surface area contributed by atoms with Crippen molar-refractivity contribution in [1.29, 1.82) is 0 Å². The average Bonchev–Trinajstić information content (AvgIpc) is 2.75. The highest BCUT2D eigenvalue weighted by Gasteiger charge is 2.31. The van der Waals surface area contributed by atoms with Crippen molar-refractivity contribution in [2.24, 2.45) is 11.8 Å². The Balaban J connectivity index is 1.49. The van der Waals surface area contributed by atoms with Crippen LogP contribution in [0.4, 0.5) is 0 Å². The lowest BCUT2D eigenvalue weighted by Gasteiger charge is -2.33. The van der Waals surface area contributed by atoms with Crippen molar-refractivity contribution in [1.82, 2.24) is 0 Å². The van der Waals surface area contributed by atoms with Gasteiger partial charge in [0.1, 0.15) is 12.6 Å². The fourth-order valence-corrected chi connectivity index (χ4v) is 4.42. The zero-order valence-corrected chi connectivity index (χ0v) is 17.6. The Morgan fingerprint density at radius 1 is 0.643 bits per heavy atom. The molecule has 0 aromatic rings. The standard InChI is InChI=1S/C22H38O6/c1-25-21-13-17(15-23)7-9-19(21)27-11-5-3-4-6-12-28-20-10-8-18(16-24)14-22(20)26-2/h15-22H,3-14H2,1-2H3. The molecule has 2 fully saturated rings. The van der Waals surface area contributed by atoms with Gasteiger partial charge in [-0.05, 0) is 51.4 Å². The molecule has 0 N–H and O–H groups in total. The Bertz CT molecular complexity index is 403. The van der Waals surface area contributed by atoms with Crippen molar-refractivity contribution in [2.45, 2.75) is 88.6 Å². The fourth-order valence-electron chi connectivity index (χ4n) is 4.42. The molecule has 6 atom stereocenters. The topological polar surface area (TPSA) is 71.1 Å². The summed E-state index contributed by atoms with van der Waals surface area (Å²) in [5, 5.41) is 0. The molecule has 0 amide bonds. The number of carbonyl (C=O) groups excluding carboxylic acids is 2. The SMILES string of the molecule is COC1CC(C=O)CCC1OCCCCCCOC1CCC(C=O)CC1OC. The first kappa shape index (κ1) is 23.5. The fraction of sp³-hybridized carbons (Fsp3) is 0.909. The van der Waals surface area contributed by atoms with Gasteiger partial charge >= 0.3 is 0 Å². The molecule has 162 valence electrons. The molecule has 0 aliphatic heterocycles. The third-order valence-corrected chi connectivity index (χ3v) is 6.24. The molecule has 0 saturated heterocycles. The van der Waals surface area contributed by atoms with Crippen LogP contribution in [-0.4, -0.2) is 64.4 Å². The van der Waals surface area contributed by atoms with Gasteiger partial charge in [-0.1, -0.05) is 12.8 Å². The maximum atomic E-state index is 11.0. The molecule has 2 aliphatic rings. The molecular formula is C22H38O6. The van der Waals surface area contributed by atoms with Crippen molar-refractivity contribution in [2.75, 3.05) is 27.4 Å². The normalized spacial score (nSPS) is 33.5. The van der Waals surface area contributed by atoms with Gasteiger partial charge in [-0.2, -0.15) is 0 Å². The molecule has 0 aromatic carbocycles. The highest BCUT2D eigenvalue weighted by molar-refractivity contribution is 5.54. The summed E-state index contributed by atoms with van der Waals surface area (Å²) in [6, 6.07) is 0. The molecule has 6 unspecified atom stereocenters. The van der Waals surface area contributed by atoms with Crippen LogP contribution in [0.2, 0.25) is 0 Å². The van der Waals surface area contributed by atoms with Gasteiger partial charge in [0.25, 0.3) is 0 Å². The summed E-state index contributed by atoms with van der Waals surface area (Å²) in [4.78, 5) is 21.9. The molecule has 2 rings (SSSR count). The number of aldehydes is 2. The number of hydrogen-bond donors (Lipinski definition) is 0. The molecule has 0 radical (unpaired) electrons. The summed E-state index contributed by atoms with van der Waals surface area (Å²) in [7, 11) is 3.40. The van der Waals surface area contributed by atoms with Crippen LogP contribution in [0.1, 0.15) is 64.2 Å². The minimum Gasteiger partial charge on any atom is -0.379 e. The second kappa shape index (κ2) is 13.4. The zero-order valence-electron chi connectivity index (χ0n) is 17.6. The van der Waals surface area contributed by atoms with E-state index in [-0.39, 0.29) is 36.3 Å². The number of hydrogen-bond acceptors (Lipinski definition) is 6. The third kappa shape index (κ3) is 7.54. The van der Waals surface area contributed by atoms with Gasteiger partial charge in [0.15, 0.2) is 0 Å². The Kier molecular flexibility index (Phi) is 11.2. The molecule has 2 saturated carbocycles. The van der Waals surface area contributed by atoms with Crippen LogP contribution >= 0.6 is 0 Å². The van der Waals surface area contributed by atoms with Crippen LogP contribution in [0.3, 0.4) is 0 Å². The summed E-state index contributed by atoms with van der Waals surface area (Å²) < 4.78 is 23.0. The summed E-state index contributed by atoms with van der Waals surface area (Å²) in [6.45, 7) is 1.50. The van der Waals surface area contributed by atoms with Gasteiger partial charge in [0.2, 0.25) is 0 Å². The van der Waals surface area contributed by atoms with Crippen molar-refractivity contribution in [3.8, 4) is 0 Å². The van der Waals surface area contributed by atoms with Crippen LogP contribution in [0, 0.1) is 11.8 Å². The lowest BCUT2D eigenvalue weighted by atomic mass is 9.86. The van der Waals surface area contributed by atoms with Crippen LogP contribution in [-0.2, 0) is 28.5 Å². The number of rotatable bonds is 13. The monoisotopic (exact) mass is 398 g/mol. The van der Waals surface area contributed by atoms with E-state index in [9.17, 15) is 9.59 Å². The molecular weight excluding hydrogens is 360 g/mol. The maximum absolute atomic E-state index is 11.0. The zero-order chi connectivity index (χ0) is 20.2.